The number of hydrogen-bond donors (Lipinski definition) is 2. The van der Waals surface area contributed by atoms with Gasteiger partial charge in [-0.2, -0.15) is 0 Å². The second kappa shape index (κ2) is 7.89. The van der Waals surface area contributed by atoms with Gasteiger partial charge >= 0.3 is 0 Å². The molecule has 118 valence electrons. The number of piperazine rings is 1. The summed E-state index contributed by atoms with van der Waals surface area (Å²) in [7, 11) is -3.50. The zero-order valence-corrected chi connectivity index (χ0v) is 14.8. The van der Waals surface area contributed by atoms with Crippen molar-refractivity contribution in [3.8, 4) is 0 Å². The van der Waals surface area contributed by atoms with Crippen LogP contribution in [0, 0.1) is 0 Å². The first kappa shape index (κ1) is 17.2. The molecule has 1 heterocycles. The van der Waals surface area contributed by atoms with Gasteiger partial charge in [-0.05, 0) is 47.1 Å². The van der Waals surface area contributed by atoms with E-state index in [0.717, 1.165) is 39.1 Å². The Kier molecular flexibility index (Phi) is 6.46. The molecule has 0 spiro atoms. The summed E-state index contributed by atoms with van der Waals surface area (Å²) in [6.07, 6.45) is 0.796. The van der Waals surface area contributed by atoms with Crippen LogP contribution in [-0.2, 0) is 10.0 Å². The lowest BCUT2D eigenvalue weighted by molar-refractivity contribution is 0.239. The first-order valence-electron chi connectivity index (χ1n) is 6.87. The topological polar surface area (TPSA) is 61.4 Å². The van der Waals surface area contributed by atoms with Crippen molar-refractivity contribution in [3.05, 3.63) is 27.7 Å². The number of hydrogen-bond acceptors (Lipinski definition) is 4. The van der Waals surface area contributed by atoms with E-state index in [1.54, 1.807) is 12.1 Å². The maximum Gasteiger partial charge on any atom is 0.241 e. The predicted molar refractivity (Wildman–Crippen MR) is 88.3 cm³/mol. The van der Waals surface area contributed by atoms with Crippen LogP contribution in [0.15, 0.2) is 27.6 Å². The SMILES string of the molecule is O=S(=O)(NCCCN1CCNCC1)c1ccc(Cl)cc1Br. The molecular weight excluding hydrogens is 378 g/mol. The first-order chi connectivity index (χ1) is 9.99. The zero-order chi connectivity index (χ0) is 15.3. The number of rotatable bonds is 6. The van der Waals surface area contributed by atoms with Crippen LogP contribution in [0.2, 0.25) is 5.02 Å². The van der Waals surface area contributed by atoms with Crippen molar-refractivity contribution in [2.45, 2.75) is 11.3 Å². The Hall–Kier alpha value is -0.180. The Morgan fingerprint density at radius 3 is 2.71 bits per heavy atom. The summed E-state index contributed by atoms with van der Waals surface area (Å²) >= 11 is 9.06. The van der Waals surface area contributed by atoms with Gasteiger partial charge in [-0.3, -0.25) is 0 Å². The fourth-order valence-electron chi connectivity index (χ4n) is 2.21. The summed E-state index contributed by atoms with van der Waals surface area (Å²) in [5, 5.41) is 3.79. The van der Waals surface area contributed by atoms with Crippen molar-refractivity contribution >= 4 is 37.6 Å². The molecule has 0 amide bonds. The third kappa shape index (κ3) is 5.19. The van der Waals surface area contributed by atoms with Gasteiger partial charge in [0.1, 0.15) is 0 Å². The lowest BCUT2D eigenvalue weighted by atomic mass is 10.3. The summed E-state index contributed by atoms with van der Waals surface area (Å²) in [6.45, 7) is 5.39. The van der Waals surface area contributed by atoms with Crippen molar-refractivity contribution in [1.82, 2.24) is 14.9 Å². The highest BCUT2D eigenvalue weighted by Gasteiger charge is 2.17. The van der Waals surface area contributed by atoms with Crippen molar-refractivity contribution in [1.29, 1.82) is 0 Å². The van der Waals surface area contributed by atoms with Crippen LogP contribution < -0.4 is 10.0 Å². The van der Waals surface area contributed by atoms with E-state index >= 15 is 0 Å². The molecule has 8 heteroatoms. The average molecular weight is 397 g/mol. The zero-order valence-electron chi connectivity index (χ0n) is 11.6. The molecule has 1 saturated heterocycles. The Bertz CT molecular complexity index is 577. The summed E-state index contributed by atoms with van der Waals surface area (Å²) in [4.78, 5) is 2.55. The normalized spacial score (nSPS) is 17.0. The molecule has 5 nitrogen and oxygen atoms in total. The number of sulfonamides is 1. The minimum absolute atomic E-state index is 0.217. The monoisotopic (exact) mass is 395 g/mol. The van der Waals surface area contributed by atoms with Gasteiger partial charge in [-0.25, -0.2) is 13.1 Å². The van der Waals surface area contributed by atoms with Crippen LogP contribution in [0.1, 0.15) is 6.42 Å². The standard InChI is InChI=1S/C13H19BrClN3O2S/c14-12-10-11(15)2-3-13(12)21(19,20)17-4-1-7-18-8-5-16-6-9-18/h2-3,10,16-17H,1,4-9H2. The summed E-state index contributed by atoms with van der Waals surface area (Å²) in [5.41, 5.74) is 0. The van der Waals surface area contributed by atoms with E-state index in [4.69, 9.17) is 11.6 Å². The van der Waals surface area contributed by atoms with Gasteiger partial charge in [0, 0.05) is 42.2 Å². The fourth-order valence-corrected chi connectivity index (χ4v) is 4.67. The van der Waals surface area contributed by atoms with Crippen LogP contribution in [0.25, 0.3) is 0 Å². The molecule has 0 saturated carbocycles. The molecule has 1 aliphatic rings. The van der Waals surface area contributed by atoms with Gasteiger partial charge in [0.2, 0.25) is 10.0 Å². The predicted octanol–water partition coefficient (Wildman–Crippen LogP) is 1.68. The van der Waals surface area contributed by atoms with Crippen LogP contribution in [-0.4, -0.2) is 52.6 Å². The Morgan fingerprint density at radius 2 is 2.05 bits per heavy atom. The van der Waals surface area contributed by atoms with Gasteiger partial charge in [0.05, 0.1) is 4.90 Å². The quantitative estimate of drug-likeness (QED) is 0.718. The second-order valence-electron chi connectivity index (χ2n) is 4.92. The van der Waals surface area contributed by atoms with Gasteiger partial charge < -0.3 is 10.2 Å². The molecular formula is C13H19BrClN3O2S. The summed E-state index contributed by atoms with van der Waals surface area (Å²) in [6, 6.07) is 4.66. The third-order valence-corrected chi connectivity index (χ3v) is 6.01. The van der Waals surface area contributed by atoms with E-state index in [1.807, 2.05) is 0 Å². The minimum atomic E-state index is -3.50. The van der Waals surface area contributed by atoms with Gasteiger partial charge in [0.25, 0.3) is 0 Å². The van der Waals surface area contributed by atoms with E-state index < -0.39 is 10.0 Å². The second-order valence-corrected chi connectivity index (χ2v) is 7.94. The molecule has 0 atom stereocenters. The van der Waals surface area contributed by atoms with E-state index in [0.29, 0.717) is 16.0 Å². The molecule has 1 aliphatic heterocycles. The molecule has 0 bridgehead atoms. The van der Waals surface area contributed by atoms with Crippen molar-refractivity contribution in [2.75, 3.05) is 39.3 Å². The van der Waals surface area contributed by atoms with Crippen LogP contribution >= 0.6 is 27.5 Å². The van der Waals surface area contributed by atoms with Crippen molar-refractivity contribution in [2.24, 2.45) is 0 Å². The molecule has 21 heavy (non-hydrogen) atoms. The van der Waals surface area contributed by atoms with E-state index in [2.05, 4.69) is 30.9 Å². The minimum Gasteiger partial charge on any atom is -0.314 e. The molecule has 2 rings (SSSR count). The first-order valence-corrected chi connectivity index (χ1v) is 9.52. The van der Waals surface area contributed by atoms with Crippen molar-refractivity contribution < 1.29 is 8.42 Å². The Balaban J connectivity index is 1.83. The van der Waals surface area contributed by atoms with E-state index in [9.17, 15) is 8.42 Å². The largest absolute Gasteiger partial charge is 0.314 e. The van der Waals surface area contributed by atoms with Gasteiger partial charge in [-0.1, -0.05) is 11.6 Å². The van der Waals surface area contributed by atoms with Crippen LogP contribution in [0.5, 0.6) is 0 Å². The average Bonchev–Trinajstić information content (AvgIpc) is 2.44. The maximum atomic E-state index is 12.2. The maximum absolute atomic E-state index is 12.2. The highest BCUT2D eigenvalue weighted by Crippen LogP contribution is 2.25. The molecule has 1 fully saturated rings. The molecule has 2 N–H and O–H groups in total. The number of nitrogens with one attached hydrogen (secondary N) is 2. The highest BCUT2D eigenvalue weighted by molar-refractivity contribution is 9.10. The lowest BCUT2D eigenvalue weighted by Crippen LogP contribution is -2.44. The van der Waals surface area contributed by atoms with Crippen molar-refractivity contribution in [3.63, 3.8) is 0 Å². The number of halogens is 2. The van der Waals surface area contributed by atoms with Gasteiger partial charge in [-0.15, -0.1) is 0 Å². The fraction of sp³-hybridized carbons (Fsp3) is 0.538. The number of nitrogens with zero attached hydrogens (tertiary/aromatic N) is 1. The van der Waals surface area contributed by atoms with E-state index in [-0.39, 0.29) is 4.90 Å². The molecule has 0 aliphatic carbocycles. The molecule has 0 unspecified atom stereocenters. The smallest absolute Gasteiger partial charge is 0.241 e. The highest BCUT2D eigenvalue weighted by atomic mass is 79.9. The Labute approximate surface area is 139 Å². The van der Waals surface area contributed by atoms with Crippen LogP contribution in [0.4, 0.5) is 0 Å². The summed E-state index contributed by atoms with van der Waals surface area (Å²) < 4.78 is 27.5. The van der Waals surface area contributed by atoms with Crippen LogP contribution in [0.3, 0.4) is 0 Å². The lowest BCUT2D eigenvalue weighted by Gasteiger charge is -2.27. The molecule has 0 aromatic heterocycles. The molecule has 0 radical (unpaired) electrons. The third-order valence-electron chi connectivity index (χ3n) is 3.34. The van der Waals surface area contributed by atoms with Gasteiger partial charge in [0.15, 0.2) is 0 Å². The van der Waals surface area contributed by atoms with E-state index in [1.165, 1.54) is 6.07 Å². The summed E-state index contributed by atoms with van der Waals surface area (Å²) in [5.74, 6) is 0. The Morgan fingerprint density at radius 1 is 1.33 bits per heavy atom. The molecule has 1 aromatic rings. The molecule has 1 aromatic carbocycles. The number of benzene rings is 1.